The summed E-state index contributed by atoms with van der Waals surface area (Å²) >= 11 is 0. The molecule has 2 aromatic carbocycles. The molecule has 138 valence electrons. The molecule has 0 unspecified atom stereocenters. The topological polar surface area (TPSA) is 68.5 Å². The van der Waals surface area contributed by atoms with Crippen molar-refractivity contribution in [3.8, 4) is 5.75 Å². The predicted molar refractivity (Wildman–Crippen MR) is 103 cm³/mol. The van der Waals surface area contributed by atoms with Gasteiger partial charge >= 0.3 is 5.63 Å². The number of rotatable bonds is 5. The molecule has 1 saturated carbocycles. The zero-order valence-corrected chi connectivity index (χ0v) is 15.2. The molecular formula is C22H21NO4. The standard InChI is InChI=1S/C22H21NO4/c1-26-18-10-5-7-15-13-17(21(25)27-19(15)18)20(24)23-14-22(11-6-12-22)16-8-3-2-4-9-16/h2-5,7-10,13H,6,11-12,14H2,1H3,(H,23,24). The second kappa shape index (κ2) is 6.91. The molecule has 1 aliphatic carbocycles. The molecule has 0 radical (unpaired) electrons. The van der Waals surface area contributed by atoms with Crippen molar-refractivity contribution in [2.75, 3.05) is 13.7 Å². The molecule has 1 aliphatic rings. The van der Waals surface area contributed by atoms with Gasteiger partial charge in [-0.15, -0.1) is 0 Å². The number of hydrogen-bond acceptors (Lipinski definition) is 4. The molecule has 3 aromatic rings. The van der Waals surface area contributed by atoms with Crippen molar-refractivity contribution in [3.05, 3.63) is 76.1 Å². The first-order valence-corrected chi connectivity index (χ1v) is 9.08. The average Bonchev–Trinajstić information content (AvgIpc) is 2.67. The first-order valence-electron chi connectivity index (χ1n) is 9.08. The van der Waals surface area contributed by atoms with E-state index < -0.39 is 11.5 Å². The molecule has 0 saturated heterocycles. The smallest absolute Gasteiger partial charge is 0.349 e. The highest BCUT2D eigenvalue weighted by atomic mass is 16.5. The Balaban J connectivity index is 1.58. The van der Waals surface area contributed by atoms with Gasteiger partial charge in [0.05, 0.1) is 7.11 Å². The molecule has 0 atom stereocenters. The van der Waals surface area contributed by atoms with E-state index in [0.717, 1.165) is 19.3 Å². The lowest BCUT2D eigenvalue weighted by Crippen LogP contribution is -2.46. The van der Waals surface area contributed by atoms with Crippen molar-refractivity contribution in [3.63, 3.8) is 0 Å². The first-order chi connectivity index (χ1) is 13.1. The van der Waals surface area contributed by atoms with Gasteiger partial charge in [-0.25, -0.2) is 4.79 Å². The molecule has 1 N–H and O–H groups in total. The lowest BCUT2D eigenvalue weighted by atomic mass is 9.64. The minimum atomic E-state index is -0.660. The fourth-order valence-corrected chi connectivity index (χ4v) is 3.74. The highest BCUT2D eigenvalue weighted by Gasteiger charge is 2.38. The number of methoxy groups -OCH3 is 1. The molecule has 0 bridgehead atoms. The molecule has 5 heteroatoms. The van der Waals surface area contributed by atoms with E-state index in [9.17, 15) is 9.59 Å². The summed E-state index contributed by atoms with van der Waals surface area (Å²) in [4.78, 5) is 25.0. The molecule has 4 rings (SSSR count). The van der Waals surface area contributed by atoms with Gasteiger partial charge in [-0.3, -0.25) is 4.79 Å². The van der Waals surface area contributed by atoms with E-state index in [2.05, 4.69) is 17.4 Å². The normalized spacial score (nSPS) is 15.1. The summed E-state index contributed by atoms with van der Waals surface area (Å²) in [7, 11) is 1.51. The molecular weight excluding hydrogens is 342 g/mol. The highest BCUT2D eigenvalue weighted by Crippen LogP contribution is 2.43. The number of para-hydroxylation sites is 1. The van der Waals surface area contributed by atoms with Crippen LogP contribution >= 0.6 is 0 Å². The Labute approximate surface area is 157 Å². The molecule has 1 fully saturated rings. The summed E-state index contributed by atoms with van der Waals surface area (Å²) < 4.78 is 10.6. The number of carbonyl (C=O) groups is 1. The summed E-state index contributed by atoms with van der Waals surface area (Å²) in [6.45, 7) is 0.505. The Morgan fingerprint density at radius 1 is 1.15 bits per heavy atom. The number of amides is 1. The first kappa shape index (κ1) is 17.3. The summed E-state index contributed by atoms with van der Waals surface area (Å²) in [6.07, 6.45) is 3.20. The second-order valence-corrected chi connectivity index (χ2v) is 7.01. The van der Waals surface area contributed by atoms with Gasteiger partial charge in [-0.2, -0.15) is 0 Å². The van der Waals surface area contributed by atoms with E-state index in [-0.39, 0.29) is 11.0 Å². The third-order valence-electron chi connectivity index (χ3n) is 5.47. The summed E-state index contributed by atoms with van der Waals surface area (Å²) in [5, 5.41) is 3.60. The fourth-order valence-electron chi connectivity index (χ4n) is 3.74. The molecule has 27 heavy (non-hydrogen) atoms. The maximum atomic E-state index is 12.7. The van der Waals surface area contributed by atoms with Gasteiger partial charge in [0.15, 0.2) is 11.3 Å². The molecule has 0 aliphatic heterocycles. The van der Waals surface area contributed by atoms with Crippen LogP contribution in [0.15, 0.2) is 63.8 Å². The third-order valence-corrected chi connectivity index (χ3v) is 5.47. The van der Waals surface area contributed by atoms with Crippen LogP contribution in [0.3, 0.4) is 0 Å². The van der Waals surface area contributed by atoms with Gasteiger partial charge < -0.3 is 14.5 Å². The maximum Gasteiger partial charge on any atom is 0.349 e. The molecule has 1 amide bonds. The van der Waals surface area contributed by atoms with Crippen molar-refractivity contribution in [2.45, 2.75) is 24.7 Å². The number of nitrogens with one attached hydrogen (secondary N) is 1. The zero-order chi connectivity index (χ0) is 18.9. The van der Waals surface area contributed by atoms with Crippen molar-refractivity contribution >= 4 is 16.9 Å². The van der Waals surface area contributed by atoms with E-state index in [1.54, 1.807) is 24.3 Å². The number of carbonyl (C=O) groups excluding carboxylic acids is 1. The van der Waals surface area contributed by atoms with E-state index in [0.29, 0.717) is 23.3 Å². The van der Waals surface area contributed by atoms with Gasteiger partial charge in [0.1, 0.15) is 5.56 Å². The van der Waals surface area contributed by atoms with Crippen molar-refractivity contribution < 1.29 is 13.9 Å². The van der Waals surface area contributed by atoms with Gasteiger partial charge in [0, 0.05) is 17.3 Å². The Bertz CT molecular complexity index is 1040. The molecule has 1 heterocycles. The van der Waals surface area contributed by atoms with Crippen LogP contribution < -0.4 is 15.7 Å². The van der Waals surface area contributed by atoms with Crippen molar-refractivity contribution in [2.24, 2.45) is 0 Å². The Morgan fingerprint density at radius 2 is 1.93 bits per heavy atom. The molecule has 1 aromatic heterocycles. The van der Waals surface area contributed by atoms with Gasteiger partial charge in [-0.1, -0.05) is 48.9 Å². The molecule has 0 spiro atoms. The average molecular weight is 363 g/mol. The highest BCUT2D eigenvalue weighted by molar-refractivity contribution is 5.97. The van der Waals surface area contributed by atoms with Gasteiger partial charge in [0.25, 0.3) is 5.91 Å². The van der Waals surface area contributed by atoms with Crippen LogP contribution in [0.1, 0.15) is 35.2 Å². The van der Waals surface area contributed by atoms with E-state index in [1.165, 1.54) is 12.7 Å². The predicted octanol–water partition coefficient (Wildman–Crippen LogP) is 3.65. The van der Waals surface area contributed by atoms with Crippen LogP contribution in [0.5, 0.6) is 5.75 Å². The summed E-state index contributed by atoms with van der Waals surface area (Å²) in [5.74, 6) is 0.0599. The van der Waals surface area contributed by atoms with Crippen LogP contribution in [0.4, 0.5) is 0 Å². The summed E-state index contributed by atoms with van der Waals surface area (Å²) in [6, 6.07) is 17.1. The molecule has 5 nitrogen and oxygen atoms in total. The largest absolute Gasteiger partial charge is 0.493 e. The minimum absolute atomic E-state index is 0.0123. The van der Waals surface area contributed by atoms with E-state index in [1.807, 2.05) is 18.2 Å². The zero-order valence-electron chi connectivity index (χ0n) is 15.2. The lowest BCUT2D eigenvalue weighted by Gasteiger charge is -2.42. The Kier molecular flexibility index (Phi) is 4.44. The SMILES string of the molecule is COc1cccc2cc(C(=O)NCC3(c4ccccc4)CCC3)c(=O)oc12. The van der Waals surface area contributed by atoms with Crippen LogP contribution in [-0.2, 0) is 5.41 Å². The number of hydrogen-bond donors (Lipinski definition) is 1. The van der Waals surface area contributed by atoms with Crippen molar-refractivity contribution in [1.82, 2.24) is 5.32 Å². The van der Waals surface area contributed by atoms with Crippen molar-refractivity contribution in [1.29, 1.82) is 0 Å². The quantitative estimate of drug-likeness (QED) is 0.703. The van der Waals surface area contributed by atoms with E-state index in [4.69, 9.17) is 9.15 Å². The fraction of sp³-hybridized carbons (Fsp3) is 0.273. The lowest BCUT2D eigenvalue weighted by molar-refractivity contribution is 0.0924. The maximum absolute atomic E-state index is 12.7. The summed E-state index contributed by atoms with van der Waals surface area (Å²) in [5.41, 5.74) is 0.885. The van der Waals surface area contributed by atoms with Gasteiger partial charge in [0.2, 0.25) is 0 Å². The van der Waals surface area contributed by atoms with Gasteiger partial charge in [-0.05, 0) is 30.5 Å². The second-order valence-electron chi connectivity index (χ2n) is 7.01. The Morgan fingerprint density at radius 3 is 2.59 bits per heavy atom. The van der Waals surface area contributed by atoms with E-state index >= 15 is 0 Å². The number of benzene rings is 2. The third kappa shape index (κ3) is 3.10. The minimum Gasteiger partial charge on any atom is -0.493 e. The van der Waals surface area contributed by atoms with Crippen LogP contribution in [0.2, 0.25) is 0 Å². The Hall–Kier alpha value is -3.08. The van der Waals surface area contributed by atoms with Crippen LogP contribution in [0.25, 0.3) is 11.0 Å². The number of fused-ring (bicyclic) bond motifs is 1. The number of ether oxygens (including phenoxy) is 1. The van der Waals surface area contributed by atoms with Crippen LogP contribution in [-0.4, -0.2) is 19.6 Å². The monoisotopic (exact) mass is 363 g/mol. The van der Waals surface area contributed by atoms with Crippen LogP contribution in [0, 0.1) is 0 Å².